The van der Waals surface area contributed by atoms with E-state index in [1.54, 1.807) is 56.7 Å². The molecule has 0 aliphatic carbocycles. The molecule has 7 heterocycles. The highest BCUT2D eigenvalue weighted by Crippen LogP contribution is 2.20. The molecule has 0 amide bonds. The van der Waals surface area contributed by atoms with Crippen molar-refractivity contribution < 1.29 is 0 Å². The lowest BCUT2D eigenvalue weighted by atomic mass is 10.3. The van der Waals surface area contributed by atoms with Crippen LogP contribution in [0, 0.1) is 99.7 Å². The van der Waals surface area contributed by atoms with E-state index < -0.39 is 0 Å². The molecule has 45 heavy (non-hydrogen) atoms. The molecule has 7 aromatic heterocycles. The van der Waals surface area contributed by atoms with Crippen molar-refractivity contribution in [3.63, 3.8) is 0 Å². The Morgan fingerprint density at radius 2 is 0.467 bits per heavy atom. The molecule has 212 valence electrons. The van der Waals surface area contributed by atoms with Crippen LogP contribution in [0.1, 0.15) is 0 Å². The largest absolute Gasteiger partial charge is 0.192 e. The van der Waals surface area contributed by atoms with Gasteiger partial charge in [0.25, 0.3) is 0 Å². The third kappa shape index (κ3) is 5.76. The highest BCUT2D eigenvalue weighted by atomic mass is 32.1. The van der Waals surface area contributed by atoms with Crippen LogP contribution in [0.25, 0.3) is 11.1 Å². The van der Waals surface area contributed by atoms with Crippen molar-refractivity contribution >= 4 is 90.5 Å². The molecule has 0 radical (unpaired) electrons. The summed E-state index contributed by atoms with van der Waals surface area (Å²) in [5.74, 6) is 0. The van der Waals surface area contributed by atoms with Gasteiger partial charge in [-0.3, -0.25) is 0 Å². The number of thiophene rings is 7. The normalized spacial score (nSPS) is 15.4. The minimum absolute atomic E-state index is 0.150. The lowest BCUT2D eigenvalue weighted by molar-refractivity contribution is 1.51. The van der Waals surface area contributed by atoms with E-state index >= 15 is 0 Å². The van der Waals surface area contributed by atoms with E-state index in [-0.39, 0.29) is 11.1 Å². The summed E-state index contributed by atoms with van der Waals surface area (Å²) >= 11 is 11.8. The summed E-state index contributed by atoms with van der Waals surface area (Å²) in [5, 5.41) is 36.7. The fourth-order valence-corrected chi connectivity index (χ4v) is 12.0. The highest BCUT2D eigenvalue weighted by Gasteiger charge is 2.00. The maximum atomic E-state index is 9.17. The second-order valence-corrected chi connectivity index (χ2v) is 16.9. The van der Waals surface area contributed by atoms with Crippen LogP contribution in [0.15, 0.2) is 84.9 Å². The van der Waals surface area contributed by atoms with Gasteiger partial charge in [-0.1, -0.05) is 0 Å². The smallest absolute Gasteiger partial charge is 0.146 e. The molecule has 0 atom stereocenters. The Morgan fingerprint density at radius 1 is 0.289 bits per heavy atom. The van der Waals surface area contributed by atoms with Gasteiger partial charge in [0.2, 0.25) is 0 Å². The van der Waals surface area contributed by atoms with Gasteiger partial charge in [0.05, 0.1) is 9.06 Å². The first-order chi connectivity index (χ1) is 22.1. The van der Waals surface area contributed by atoms with Crippen LogP contribution in [0.3, 0.4) is 0 Å². The Morgan fingerprint density at radius 3 is 0.667 bits per heavy atom. The zero-order valence-corrected chi connectivity index (χ0v) is 28.4. The second-order valence-electron chi connectivity index (χ2n) is 9.34. The van der Waals surface area contributed by atoms with Crippen LogP contribution in [0.5, 0.6) is 0 Å². The first-order valence-corrected chi connectivity index (χ1v) is 18.8. The van der Waals surface area contributed by atoms with E-state index in [4.69, 9.17) is 0 Å². The van der Waals surface area contributed by atoms with Crippen molar-refractivity contribution in [2.75, 3.05) is 0 Å². The molecule has 0 saturated carbocycles. The number of nitriles is 4. The van der Waals surface area contributed by atoms with Gasteiger partial charge in [0.15, 0.2) is 0 Å². The minimum Gasteiger partial charge on any atom is -0.192 e. The van der Waals surface area contributed by atoms with Crippen LogP contribution >= 0.6 is 79.4 Å². The van der Waals surface area contributed by atoms with E-state index in [1.807, 2.05) is 48.5 Å². The zero-order valence-electron chi connectivity index (χ0n) is 22.7. The Kier molecular flexibility index (Phi) is 8.17. The Balaban J connectivity index is 1.33. The second kappa shape index (κ2) is 12.5. The molecule has 0 aromatic carbocycles. The average Bonchev–Trinajstić information content (AvgIpc) is 3.90. The summed E-state index contributed by atoms with van der Waals surface area (Å²) in [6.07, 6.45) is 0. The first-order valence-electron chi connectivity index (χ1n) is 13.1. The lowest BCUT2D eigenvalue weighted by Gasteiger charge is -1.75. The van der Waals surface area contributed by atoms with Gasteiger partial charge in [0.1, 0.15) is 35.4 Å². The van der Waals surface area contributed by atoms with E-state index in [2.05, 4.69) is 60.7 Å². The molecule has 0 bridgehead atoms. The van der Waals surface area contributed by atoms with Gasteiger partial charge >= 0.3 is 0 Å². The van der Waals surface area contributed by atoms with Crippen LogP contribution in [-0.2, 0) is 0 Å². The van der Waals surface area contributed by atoms with Crippen molar-refractivity contribution in [2.24, 2.45) is 0 Å². The van der Waals surface area contributed by atoms with Crippen molar-refractivity contribution in [3.8, 4) is 24.3 Å². The summed E-state index contributed by atoms with van der Waals surface area (Å²) < 4.78 is 15.6. The minimum atomic E-state index is 0.150. The summed E-state index contributed by atoms with van der Waals surface area (Å²) in [6.45, 7) is 0. The SMILES string of the molecule is N#CC(C#N)=c1cc/c(=c2\cc/c(=c3\cc/c(=c4\cc/c(=c5\cc/c(=c6\cc/c(=c7\ccc(=C(C#N)C#N)s7)s6)s5)s4)s3)s2)s1. The number of rotatable bonds is 0. The fourth-order valence-electron chi connectivity index (χ4n) is 4.49. The van der Waals surface area contributed by atoms with Gasteiger partial charge in [-0.25, -0.2) is 0 Å². The quantitative estimate of drug-likeness (QED) is 0.159. The van der Waals surface area contributed by atoms with Crippen LogP contribution in [0.4, 0.5) is 0 Å². The van der Waals surface area contributed by atoms with E-state index in [0.717, 1.165) is 18.1 Å². The topological polar surface area (TPSA) is 95.2 Å². The zero-order chi connectivity index (χ0) is 30.9. The van der Waals surface area contributed by atoms with Gasteiger partial charge in [0, 0.05) is 54.4 Å². The molecule has 0 spiro atoms. The molecule has 7 aromatic rings. The van der Waals surface area contributed by atoms with Crippen molar-refractivity contribution in [2.45, 2.75) is 0 Å². The van der Waals surface area contributed by atoms with E-state index in [9.17, 15) is 21.0 Å². The molecule has 0 unspecified atom stereocenters. The van der Waals surface area contributed by atoms with Gasteiger partial charge in [-0.15, -0.1) is 79.4 Å². The Bertz CT molecular complexity index is 2930. The Hall–Kier alpha value is -4.40. The molecule has 0 aliphatic heterocycles. The van der Waals surface area contributed by atoms with Gasteiger partial charge < -0.3 is 0 Å². The summed E-state index contributed by atoms with van der Waals surface area (Å²) in [6, 6.07) is 37.2. The molecule has 11 heteroatoms. The molecule has 7 rings (SSSR count). The van der Waals surface area contributed by atoms with Crippen molar-refractivity contribution in [3.05, 3.63) is 148 Å². The number of hydrogen-bond donors (Lipinski definition) is 0. The molecule has 0 aliphatic rings. The van der Waals surface area contributed by atoms with Crippen LogP contribution in [0.2, 0.25) is 0 Å². The monoisotopic (exact) mass is 702 g/mol. The van der Waals surface area contributed by atoms with E-state index in [0.29, 0.717) is 9.06 Å². The average molecular weight is 703 g/mol. The predicted molar refractivity (Wildman–Crippen MR) is 185 cm³/mol. The standard InChI is InChI=1S/C34H14N4S7/c35-15-19(16-36)21-1-3-23(39-21)25-5-7-27(41-25)29-9-11-31(43-29)33-13-14-34(45-33)32-12-10-30(44-32)28-8-6-26(42-28)24-4-2-22(40-24)20(17-37)18-38/h1-14H/b25-23-,26-24-,29-27-,30-28-,33-31-,34-32-. The van der Waals surface area contributed by atoms with Crippen molar-refractivity contribution in [1.82, 2.24) is 0 Å². The summed E-state index contributed by atoms with van der Waals surface area (Å²) in [5.41, 5.74) is 0.301. The molecule has 0 N–H and O–H groups in total. The van der Waals surface area contributed by atoms with Crippen LogP contribution < -0.4 is 9.06 Å². The maximum Gasteiger partial charge on any atom is 0.146 e. The van der Waals surface area contributed by atoms with Crippen LogP contribution in [-0.4, -0.2) is 0 Å². The van der Waals surface area contributed by atoms with Gasteiger partial charge in [-0.2, -0.15) is 21.0 Å². The third-order valence-corrected chi connectivity index (χ3v) is 15.4. The molecular formula is C34H14N4S7. The first kappa shape index (κ1) is 29.3. The molecule has 0 fully saturated rings. The lowest BCUT2D eigenvalue weighted by Crippen LogP contribution is -1.93. The van der Waals surface area contributed by atoms with E-state index in [1.165, 1.54) is 58.9 Å². The molecular weight excluding hydrogens is 689 g/mol. The number of hydrogen-bond acceptors (Lipinski definition) is 11. The molecule has 0 saturated heterocycles. The third-order valence-electron chi connectivity index (χ3n) is 6.64. The highest BCUT2D eigenvalue weighted by molar-refractivity contribution is 7.15. The summed E-state index contributed by atoms with van der Waals surface area (Å²) in [7, 11) is 0. The maximum absolute atomic E-state index is 9.17. The fraction of sp³-hybridized carbons (Fsp3) is 0. The molecule has 4 nitrogen and oxygen atoms in total. The predicted octanol–water partition coefficient (Wildman–Crippen LogP) is 8.23. The van der Waals surface area contributed by atoms with Gasteiger partial charge in [-0.05, 0) is 84.9 Å². The Labute approximate surface area is 281 Å². The summed E-state index contributed by atoms with van der Waals surface area (Å²) in [4.78, 5) is 0. The number of nitrogens with zero attached hydrogens (tertiary/aromatic N) is 4. The van der Waals surface area contributed by atoms with Crippen molar-refractivity contribution in [1.29, 1.82) is 21.0 Å².